The fourth-order valence-electron chi connectivity index (χ4n) is 2.46. The Kier molecular flexibility index (Phi) is 3.77. The Bertz CT molecular complexity index is 203. The fraction of sp³-hybridized carbons (Fsp3) is 0.846. The van der Waals surface area contributed by atoms with Crippen LogP contribution in [0.3, 0.4) is 0 Å². The average Bonchev–Trinajstić information content (AvgIpc) is 2.30. The van der Waals surface area contributed by atoms with Crippen LogP contribution in [0.25, 0.3) is 0 Å². The number of aliphatic hydroxyl groups excluding tert-OH is 1. The second-order valence-electron chi connectivity index (χ2n) is 5.40. The van der Waals surface area contributed by atoms with E-state index >= 15 is 0 Å². The number of allylic oxidation sites excluding steroid dienone is 1. The van der Waals surface area contributed by atoms with E-state index in [4.69, 9.17) is 5.11 Å². The molecule has 1 aliphatic rings. The molecule has 0 aromatic rings. The molecule has 3 atom stereocenters. The molecule has 1 fully saturated rings. The summed E-state index contributed by atoms with van der Waals surface area (Å²) in [6.07, 6.45) is 7.59. The molecule has 82 valence electrons. The Morgan fingerprint density at radius 1 is 1.43 bits per heavy atom. The van der Waals surface area contributed by atoms with Crippen molar-refractivity contribution in [3.63, 3.8) is 0 Å². The van der Waals surface area contributed by atoms with E-state index in [0.29, 0.717) is 5.41 Å². The normalized spacial score (nSPS) is 33.8. The summed E-state index contributed by atoms with van der Waals surface area (Å²) in [7, 11) is 0. The van der Waals surface area contributed by atoms with E-state index in [0.717, 1.165) is 18.3 Å². The molecule has 0 aromatic carbocycles. The van der Waals surface area contributed by atoms with Gasteiger partial charge < -0.3 is 5.11 Å². The molecule has 0 aliphatic heterocycles. The lowest BCUT2D eigenvalue weighted by Gasteiger charge is -2.30. The quantitative estimate of drug-likeness (QED) is 0.686. The highest BCUT2D eigenvalue weighted by Crippen LogP contribution is 2.48. The van der Waals surface area contributed by atoms with Gasteiger partial charge in [-0.2, -0.15) is 0 Å². The van der Waals surface area contributed by atoms with Crippen molar-refractivity contribution in [2.75, 3.05) is 0 Å². The molecule has 1 aliphatic carbocycles. The maximum absolute atomic E-state index is 9.12. The zero-order chi connectivity index (χ0) is 10.8. The third kappa shape index (κ3) is 2.60. The first kappa shape index (κ1) is 11.8. The van der Waals surface area contributed by atoms with E-state index in [1.807, 2.05) is 6.08 Å². The van der Waals surface area contributed by atoms with Crippen molar-refractivity contribution >= 4 is 0 Å². The van der Waals surface area contributed by atoms with Gasteiger partial charge >= 0.3 is 0 Å². The predicted molar refractivity (Wildman–Crippen MR) is 61.1 cm³/mol. The number of rotatable bonds is 3. The largest absolute Gasteiger partial charge is 0.389 e. The van der Waals surface area contributed by atoms with Crippen molar-refractivity contribution in [1.29, 1.82) is 0 Å². The molecular formula is C13H24O. The number of aliphatic hydroxyl groups is 1. The van der Waals surface area contributed by atoms with Crippen molar-refractivity contribution in [3.05, 3.63) is 12.2 Å². The summed E-state index contributed by atoms with van der Waals surface area (Å²) in [5.41, 5.74) is 0.475. The minimum atomic E-state index is -0.295. The Hall–Kier alpha value is -0.300. The van der Waals surface area contributed by atoms with Crippen LogP contribution in [0.5, 0.6) is 0 Å². The van der Waals surface area contributed by atoms with E-state index in [1.54, 1.807) is 6.92 Å². The van der Waals surface area contributed by atoms with Crippen LogP contribution >= 0.6 is 0 Å². The van der Waals surface area contributed by atoms with Crippen LogP contribution in [0.1, 0.15) is 47.0 Å². The van der Waals surface area contributed by atoms with E-state index in [1.165, 1.54) is 12.8 Å². The molecule has 1 heteroatoms. The summed E-state index contributed by atoms with van der Waals surface area (Å²) >= 11 is 0. The topological polar surface area (TPSA) is 20.2 Å². The summed E-state index contributed by atoms with van der Waals surface area (Å²) in [5, 5.41) is 9.12. The molecule has 3 unspecified atom stereocenters. The summed E-state index contributed by atoms with van der Waals surface area (Å²) in [6.45, 7) is 8.92. The van der Waals surface area contributed by atoms with Crippen molar-refractivity contribution in [1.82, 2.24) is 0 Å². The lowest BCUT2D eigenvalue weighted by Crippen LogP contribution is -2.22. The van der Waals surface area contributed by atoms with Gasteiger partial charge in [0.15, 0.2) is 0 Å². The molecule has 1 nitrogen and oxygen atoms in total. The summed E-state index contributed by atoms with van der Waals surface area (Å²) in [6, 6.07) is 0. The molecule has 1 N–H and O–H groups in total. The Balaban J connectivity index is 2.46. The Labute approximate surface area is 88.2 Å². The Morgan fingerprint density at radius 2 is 2.07 bits per heavy atom. The molecule has 0 bridgehead atoms. The van der Waals surface area contributed by atoms with Crippen molar-refractivity contribution in [2.45, 2.75) is 53.1 Å². The molecule has 0 amide bonds. The number of hydrogen-bond donors (Lipinski definition) is 1. The van der Waals surface area contributed by atoms with Crippen molar-refractivity contribution in [3.8, 4) is 0 Å². The second kappa shape index (κ2) is 4.48. The first-order chi connectivity index (χ1) is 6.44. The minimum Gasteiger partial charge on any atom is -0.389 e. The van der Waals surface area contributed by atoms with Gasteiger partial charge in [-0.15, -0.1) is 0 Å². The van der Waals surface area contributed by atoms with Gasteiger partial charge in [0.2, 0.25) is 0 Å². The minimum absolute atomic E-state index is 0.295. The molecule has 0 spiro atoms. The molecular weight excluding hydrogens is 172 g/mol. The standard InChI is InChI=1S/C13H24O/c1-10-8-9-12(13(10,3)4)7-5-6-11(2)14/h5-6,10-12,14H,7-9H2,1-4H3. The fourth-order valence-corrected chi connectivity index (χ4v) is 2.46. The average molecular weight is 196 g/mol. The molecule has 0 aromatic heterocycles. The summed E-state index contributed by atoms with van der Waals surface area (Å²) in [5.74, 6) is 1.64. The van der Waals surface area contributed by atoms with E-state index < -0.39 is 0 Å². The molecule has 1 rings (SSSR count). The second-order valence-corrected chi connectivity index (χ2v) is 5.40. The van der Waals surface area contributed by atoms with Gasteiger partial charge in [-0.3, -0.25) is 0 Å². The van der Waals surface area contributed by atoms with Crippen molar-refractivity contribution < 1.29 is 5.11 Å². The molecule has 0 heterocycles. The van der Waals surface area contributed by atoms with Crippen LogP contribution in [0.15, 0.2) is 12.2 Å². The van der Waals surface area contributed by atoms with Crippen LogP contribution in [0, 0.1) is 17.3 Å². The van der Waals surface area contributed by atoms with Gasteiger partial charge in [0, 0.05) is 0 Å². The third-order valence-electron chi connectivity index (χ3n) is 4.11. The van der Waals surface area contributed by atoms with Crippen LogP contribution in [0.2, 0.25) is 0 Å². The highest BCUT2D eigenvalue weighted by Gasteiger charge is 2.39. The lowest BCUT2D eigenvalue weighted by atomic mass is 9.75. The van der Waals surface area contributed by atoms with E-state index in [-0.39, 0.29) is 6.10 Å². The van der Waals surface area contributed by atoms with Crippen LogP contribution in [-0.2, 0) is 0 Å². The van der Waals surface area contributed by atoms with Crippen molar-refractivity contribution in [2.24, 2.45) is 17.3 Å². The van der Waals surface area contributed by atoms with Gasteiger partial charge in [-0.05, 0) is 43.4 Å². The van der Waals surface area contributed by atoms with E-state index in [2.05, 4.69) is 26.8 Å². The van der Waals surface area contributed by atoms with E-state index in [9.17, 15) is 0 Å². The monoisotopic (exact) mass is 196 g/mol. The lowest BCUT2D eigenvalue weighted by molar-refractivity contribution is 0.198. The first-order valence-corrected chi connectivity index (χ1v) is 5.79. The molecule has 0 radical (unpaired) electrons. The van der Waals surface area contributed by atoms with Gasteiger partial charge in [0.05, 0.1) is 6.10 Å². The number of hydrogen-bond acceptors (Lipinski definition) is 1. The zero-order valence-electron chi connectivity index (χ0n) is 9.96. The maximum Gasteiger partial charge on any atom is 0.0692 e. The SMILES string of the molecule is CC(O)C=CCC1CCC(C)C1(C)C. The third-order valence-corrected chi connectivity index (χ3v) is 4.11. The summed E-state index contributed by atoms with van der Waals surface area (Å²) < 4.78 is 0. The summed E-state index contributed by atoms with van der Waals surface area (Å²) in [4.78, 5) is 0. The first-order valence-electron chi connectivity index (χ1n) is 5.79. The highest BCUT2D eigenvalue weighted by molar-refractivity contribution is 4.96. The maximum atomic E-state index is 9.12. The van der Waals surface area contributed by atoms with Crippen LogP contribution in [-0.4, -0.2) is 11.2 Å². The highest BCUT2D eigenvalue weighted by atomic mass is 16.3. The molecule has 14 heavy (non-hydrogen) atoms. The molecule has 0 saturated heterocycles. The van der Waals surface area contributed by atoms with Gasteiger partial charge in [0.25, 0.3) is 0 Å². The van der Waals surface area contributed by atoms with Crippen LogP contribution in [0.4, 0.5) is 0 Å². The predicted octanol–water partition coefficient (Wildman–Crippen LogP) is 3.39. The molecule has 1 saturated carbocycles. The smallest absolute Gasteiger partial charge is 0.0692 e. The Morgan fingerprint density at radius 3 is 2.50 bits per heavy atom. The van der Waals surface area contributed by atoms with Gasteiger partial charge in [0.1, 0.15) is 0 Å². The van der Waals surface area contributed by atoms with Gasteiger partial charge in [-0.1, -0.05) is 32.9 Å². The van der Waals surface area contributed by atoms with Gasteiger partial charge in [-0.25, -0.2) is 0 Å². The zero-order valence-corrected chi connectivity index (χ0v) is 9.96. The van der Waals surface area contributed by atoms with Crippen LogP contribution < -0.4 is 0 Å².